The first-order valence-corrected chi connectivity index (χ1v) is 7.08. The molecule has 0 radical (unpaired) electrons. The summed E-state index contributed by atoms with van der Waals surface area (Å²) in [6, 6.07) is 4.17. The minimum absolute atomic E-state index is 0.0706. The van der Waals surface area contributed by atoms with Gasteiger partial charge in [0, 0.05) is 24.7 Å². The highest BCUT2D eigenvalue weighted by molar-refractivity contribution is 6.31. The molecule has 0 aliphatic carbocycles. The Balaban J connectivity index is 2.10. The molecule has 1 amide bonds. The van der Waals surface area contributed by atoms with Crippen LogP contribution in [0.2, 0.25) is 5.02 Å². The maximum absolute atomic E-state index is 13.1. The van der Waals surface area contributed by atoms with Crippen molar-refractivity contribution in [2.75, 3.05) is 26.2 Å². The number of hydrogen-bond acceptors (Lipinski definition) is 3. The van der Waals surface area contributed by atoms with Crippen molar-refractivity contribution in [3.05, 3.63) is 34.6 Å². The lowest BCUT2D eigenvalue weighted by molar-refractivity contribution is 0.0706. The Morgan fingerprint density at radius 3 is 2.95 bits per heavy atom. The molecule has 1 heterocycles. The van der Waals surface area contributed by atoms with Gasteiger partial charge >= 0.3 is 0 Å². The number of hydrogen-bond donors (Lipinski definition) is 2. The van der Waals surface area contributed by atoms with E-state index in [1.807, 2.05) is 0 Å². The molecule has 1 aliphatic rings. The first kappa shape index (κ1) is 15.2. The first-order valence-electron chi connectivity index (χ1n) is 6.70. The number of aliphatic hydroxyl groups excluding tert-OH is 1. The molecule has 0 bridgehead atoms. The summed E-state index contributed by atoms with van der Waals surface area (Å²) >= 11 is 5.70. The van der Waals surface area contributed by atoms with Crippen LogP contribution in [-0.2, 0) is 0 Å². The molecule has 1 aromatic rings. The molecular formula is C14H18ClFN2O2. The zero-order valence-corrected chi connectivity index (χ0v) is 11.9. The smallest absolute Gasteiger partial charge is 0.254 e. The van der Waals surface area contributed by atoms with Crippen LogP contribution >= 0.6 is 11.6 Å². The quantitative estimate of drug-likeness (QED) is 0.870. The summed E-state index contributed by atoms with van der Waals surface area (Å²) < 4.78 is 13.1. The molecule has 6 heteroatoms. The van der Waals surface area contributed by atoms with Crippen LogP contribution in [0.15, 0.2) is 18.2 Å². The summed E-state index contributed by atoms with van der Waals surface area (Å²) in [6.07, 6.45) is 2.10. The topological polar surface area (TPSA) is 52.6 Å². The van der Waals surface area contributed by atoms with E-state index >= 15 is 0 Å². The molecule has 20 heavy (non-hydrogen) atoms. The van der Waals surface area contributed by atoms with Gasteiger partial charge in [-0.2, -0.15) is 0 Å². The van der Waals surface area contributed by atoms with Crippen LogP contribution in [0, 0.1) is 5.82 Å². The van der Waals surface area contributed by atoms with Crippen molar-refractivity contribution in [2.24, 2.45) is 0 Å². The van der Waals surface area contributed by atoms with Gasteiger partial charge in [0.2, 0.25) is 0 Å². The number of benzene rings is 1. The Hall–Kier alpha value is -1.17. The minimum atomic E-state index is -0.547. The van der Waals surface area contributed by atoms with E-state index < -0.39 is 5.82 Å². The highest BCUT2D eigenvalue weighted by atomic mass is 35.5. The molecule has 2 N–H and O–H groups in total. The third kappa shape index (κ3) is 3.69. The van der Waals surface area contributed by atoms with E-state index in [4.69, 9.17) is 16.7 Å². The molecule has 4 nitrogen and oxygen atoms in total. The summed E-state index contributed by atoms with van der Waals surface area (Å²) in [5.41, 5.74) is 0.336. The second-order valence-electron chi connectivity index (χ2n) is 4.90. The van der Waals surface area contributed by atoms with E-state index in [-0.39, 0.29) is 30.1 Å². The fourth-order valence-electron chi connectivity index (χ4n) is 2.39. The molecule has 2 rings (SSSR count). The number of aliphatic hydroxyl groups is 1. The molecule has 1 unspecified atom stereocenters. The van der Waals surface area contributed by atoms with E-state index in [1.54, 1.807) is 4.90 Å². The second-order valence-corrected chi connectivity index (χ2v) is 5.30. The molecule has 0 spiro atoms. The predicted octanol–water partition coefficient (Wildman–Crippen LogP) is 1.67. The monoisotopic (exact) mass is 300 g/mol. The summed E-state index contributed by atoms with van der Waals surface area (Å²) in [5, 5.41) is 12.3. The van der Waals surface area contributed by atoms with Crippen LogP contribution < -0.4 is 5.32 Å². The molecule has 1 aliphatic heterocycles. The van der Waals surface area contributed by atoms with Crippen LogP contribution in [0.3, 0.4) is 0 Å². The zero-order valence-electron chi connectivity index (χ0n) is 11.1. The number of halogens is 2. The number of nitrogens with zero attached hydrogens (tertiary/aromatic N) is 1. The van der Waals surface area contributed by atoms with E-state index in [9.17, 15) is 9.18 Å². The largest absolute Gasteiger partial charge is 0.395 e. The number of amides is 1. The van der Waals surface area contributed by atoms with Gasteiger partial charge in [-0.25, -0.2) is 4.39 Å². The van der Waals surface area contributed by atoms with Crippen molar-refractivity contribution < 1.29 is 14.3 Å². The molecule has 1 fully saturated rings. The van der Waals surface area contributed by atoms with Gasteiger partial charge in [0.1, 0.15) is 5.82 Å². The van der Waals surface area contributed by atoms with Gasteiger partial charge in [-0.1, -0.05) is 11.6 Å². The van der Waals surface area contributed by atoms with Crippen molar-refractivity contribution in [3.63, 3.8) is 0 Å². The molecule has 1 aromatic carbocycles. The van der Waals surface area contributed by atoms with Crippen molar-refractivity contribution >= 4 is 17.5 Å². The Bertz CT molecular complexity index is 478. The van der Waals surface area contributed by atoms with Crippen LogP contribution in [-0.4, -0.2) is 48.2 Å². The Labute approximate surface area is 122 Å². The van der Waals surface area contributed by atoms with E-state index in [0.717, 1.165) is 19.4 Å². The summed E-state index contributed by atoms with van der Waals surface area (Å²) in [5.74, 6) is -0.788. The fraction of sp³-hybridized carbons (Fsp3) is 0.500. The summed E-state index contributed by atoms with van der Waals surface area (Å²) in [7, 11) is 0. The average Bonchev–Trinajstić information content (AvgIpc) is 2.93. The third-order valence-corrected chi connectivity index (χ3v) is 3.72. The van der Waals surface area contributed by atoms with Gasteiger partial charge in [0.25, 0.3) is 5.91 Å². The number of carbonyl (C=O) groups is 1. The van der Waals surface area contributed by atoms with Gasteiger partial charge in [0.05, 0.1) is 11.6 Å². The van der Waals surface area contributed by atoms with E-state index in [0.29, 0.717) is 12.1 Å². The van der Waals surface area contributed by atoms with Gasteiger partial charge < -0.3 is 15.3 Å². The second kappa shape index (κ2) is 7.02. The molecule has 0 aromatic heterocycles. The van der Waals surface area contributed by atoms with E-state index in [2.05, 4.69) is 5.32 Å². The van der Waals surface area contributed by atoms with Gasteiger partial charge in [-0.15, -0.1) is 0 Å². The molecule has 1 atom stereocenters. The minimum Gasteiger partial charge on any atom is -0.395 e. The number of carbonyl (C=O) groups excluding carboxylic acids is 1. The first-order chi connectivity index (χ1) is 9.61. The Morgan fingerprint density at radius 1 is 1.55 bits per heavy atom. The van der Waals surface area contributed by atoms with Crippen molar-refractivity contribution in [2.45, 2.75) is 18.9 Å². The normalized spacial score (nSPS) is 18.2. The van der Waals surface area contributed by atoms with Gasteiger partial charge in [-0.05, 0) is 37.6 Å². The maximum atomic E-state index is 13.1. The molecule has 0 saturated carbocycles. The van der Waals surface area contributed by atoms with Crippen LogP contribution in [0.1, 0.15) is 23.2 Å². The Morgan fingerprint density at radius 2 is 2.35 bits per heavy atom. The van der Waals surface area contributed by atoms with Gasteiger partial charge in [0.15, 0.2) is 0 Å². The van der Waals surface area contributed by atoms with Crippen LogP contribution in [0.4, 0.5) is 4.39 Å². The van der Waals surface area contributed by atoms with Crippen LogP contribution in [0.5, 0.6) is 0 Å². The lowest BCUT2D eigenvalue weighted by Gasteiger charge is -2.25. The molecule has 1 saturated heterocycles. The average molecular weight is 301 g/mol. The van der Waals surface area contributed by atoms with Crippen molar-refractivity contribution in [3.8, 4) is 0 Å². The summed E-state index contributed by atoms with van der Waals surface area (Å²) in [6.45, 7) is 1.64. The standard InChI is InChI=1S/C14H18ClFN2O2/c15-12-8-10(3-4-13(12)16)14(20)18(6-7-19)9-11-2-1-5-17-11/h3-4,8,11,17,19H,1-2,5-7,9H2. The van der Waals surface area contributed by atoms with Gasteiger partial charge in [-0.3, -0.25) is 4.79 Å². The maximum Gasteiger partial charge on any atom is 0.254 e. The fourth-order valence-corrected chi connectivity index (χ4v) is 2.57. The lowest BCUT2D eigenvalue weighted by Crippen LogP contribution is -2.42. The van der Waals surface area contributed by atoms with Crippen molar-refractivity contribution in [1.29, 1.82) is 0 Å². The predicted molar refractivity (Wildman–Crippen MR) is 75.4 cm³/mol. The lowest BCUT2D eigenvalue weighted by atomic mass is 10.1. The SMILES string of the molecule is O=C(c1ccc(F)c(Cl)c1)N(CCO)CC1CCCN1. The molecular weight excluding hydrogens is 283 g/mol. The highest BCUT2D eigenvalue weighted by Crippen LogP contribution is 2.18. The highest BCUT2D eigenvalue weighted by Gasteiger charge is 2.22. The summed E-state index contributed by atoms with van der Waals surface area (Å²) in [4.78, 5) is 14.0. The Kier molecular flexibility index (Phi) is 5.34. The zero-order chi connectivity index (χ0) is 14.5. The van der Waals surface area contributed by atoms with Crippen LogP contribution in [0.25, 0.3) is 0 Å². The number of rotatable bonds is 5. The number of nitrogens with one attached hydrogen (secondary N) is 1. The van der Waals surface area contributed by atoms with Crippen molar-refractivity contribution in [1.82, 2.24) is 10.2 Å². The third-order valence-electron chi connectivity index (χ3n) is 3.43. The molecule has 110 valence electrons. The van der Waals surface area contributed by atoms with E-state index in [1.165, 1.54) is 18.2 Å².